The van der Waals surface area contributed by atoms with E-state index >= 15 is 0 Å². The number of fused-ring (bicyclic) bond motifs is 1. The first-order chi connectivity index (χ1) is 10.1. The van der Waals surface area contributed by atoms with Gasteiger partial charge < -0.3 is 15.2 Å². The van der Waals surface area contributed by atoms with Gasteiger partial charge in [-0.2, -0.15) is 4.98 Å². The van der Waals surface area contributed by atoms with Crippen LogP contribution < -0.4 is 37.3 Å². The standard InChI is InChI=1S/C11H15N7O3/c1-20-7-3-5-6(4-8(7)21-2)14-11(16-13)15-9(5)17-18-10(12)19/h3-4H,13H2,1-2H3,(H3,12,18,19)(H2,14,15,16,17). The molecule has 2 amide bonds. The number of nitrogens with one attached hydrogen (secondary N) is 3. The number of urea groups is 1. The maximum Gasteiger partial charge on any atom is 0.330 e. The van der Waals surface area contributed by atoms with Crippen LogP contribution in [-0.4, -0.2) is 30.2 Å². The molecule has 0 radical (unpaired) electrons. The van der Waals surface area contributed by atoms with Crippen LogP contribution in [0.25, 0.3) is 10.9 Å². The quantitative estimate of drug-likeness (QED) is 0.380. The van der Waals surface area contributed by atoms with Gasteiger partial charge >= 0.3 is 6.03 Å². The minimum absolute atomic E-state index is 0.156. The van der Waals surface area contributed by atoms with Crippen molar-refractivity contribution < 1.29 is 14.3 Å². The average Bonchev–Trinajstić information content (AvgIpc) is 2.50. The van der Waals surface area contributed by atoms with Crippen LogP contribution >= 0.6 is 0 Å². The van der Waals surface area contributed by atoms with Crippen molar-refractivity contribution in [2.45, 2.75) is 0 Å². The number of carbonyl (C=O) groups excluding carboxylic acids is 1. The highest BCUT2D eigenvalue weighted by Gasteiger charge is 2.13. The van der Waals surface area contributed by atoms with Crippen molar-refractivity contribution in [2.24, 2.45) is 11.6 Å². The van der Waals surface area contributed by atoms with Crippen molar-refractivity contribution in [3.8, 4) is 11.5 Å². The molecule has 10 heteroatoms. The van der Waals surface area contributed by atoms with Crippen LogP contribution in [-0.2, 0) is 0 Å². The van der Waals surface area contributed by atoms with Gasteiger partial charge in [0.25, 0.3) is 0 Å². The summed E-state index contributed by atoms with van der Waals surface area (Å²) in [5.41, 5.74) is 12.7. The van der Waals surface area contributed by atoms with Crippen molar-refractivity contribution in [3.63, 3.8) is 0 Å². The molecule has 1 heterocycles. The smallest absolute Gasteiger partial charge is 0.330 e. The Hall–Kier alpha value is -3.01. The Balaban J connectivity index is 2.60. The van der Waals surface area contributed by atoms with Gasteiger partial charge in [-0.05, 0) is 6.07 Å². The SMILES string of the molecule is COc1cc2nc(NN)nc(NNC(N)=O)c2cc1OC. The molecule has 2 aromatic rings. The number of nitrogen functional groups attached to an aromatic ring is 1. The lowest BCUT2D eigenvalue weighted by Gasteiger charge is -2.13. The molecule has 0 aliphatic rings. The monoisotopic (exact) mass is 293 g/mol. The van der Waals surface area contributed by atoms with E-state index in [1.54, 1.807) is 12.1 Å². The first-order valence-corrected chi connectivity index (χ1v) is 5.81. The molecule has 2 rings (SSSR count). The highest BCUT2D eigenvalue weighted by molar-refractivity contribution is 5.93. The van der Waals surface area contributed by atoms with Crippen molar-refractivity contribution in [3.05, 3.63) is 12.1 Å². The lowest BCUT2D eigenvalue weighted by Crippen LogP contribution is -2.34. The Morgan fingerprint density at radius 3 is 2.43 bits per heavy atom. The topological polar surface area (TPSA) is 149 Å². The highest BCUT2D eigenvalue weighted by Crippen LogP contribution is 2.34. The van der Waals surface area contributed by atoms with E-state index in [1.807, 2.05) is 0 Å². The Morgan fingerprint density at radius 1 is 1.19 bits per heavy atom. The fourth-order valence-electron chi connectivity index (χ4n) is 1.74. The maximum absolute atomic E-state index is 10.8. The highest BCUT2D eigenvalue weighted by atomic mass is 16.5. The summed E-state index contributed by atoms with van der Waals surface area (Å²) < 4.78 is 10.4. The molecular weight excluding hydrogens is 278 g/mol. The molecule has 0 saturated heterocycles. The predicted molar refractivity (Wildman–Crippen MR) is 76.8 cm³/mol. The molecule has 21 heavy (non-hydrogen) atoms. The summed E-state index contributed by atoms with van der Waals surface area (Å²) in [7, 11) is 3.02. The molecule has 1 aromatic heterocycles. The molecule has 10 nitrogen and oxygen atoms in total. The van der Waals surface area contributed by atoms with Gasteiger partial charge in [0.15, 0.2) is 17.3 Å². The predicted octanol–water partition coefficient (Wildman–Crippen LogP) is -0.0722. The van der Waals surface area contributed by atoms with Gasteiger partial charge in [0, 0.05) is 11.5 Å². The third-order valence-electron chi connectivity index (χ3n) is 2.63. The molecule has 0 aliphatic carbocycles. The molecule has 0 unspecified atom stereocenters. The van der Waals surface area contributed by atoms with Crippen LogP contribution in [0.4, 0.5) is 16.6 Å². The summed E-state index contributed by atoms with van der Waals surface area (Å²) in [6.07, 6.45) is 0. The van der Waals surface area contributed by atoms with Gasteiger partial charge in [-0.1, -0.05) is 0 Å². The van der Waals surface area contributed by atoms with E-state index in [4.69, 9.17) is 21.1 Å². The number of ether oxygens (including phenoxy) is 2. The lowest BCUT2D eigenvalue weighted by atomic mass is 10.2. The number of methoxy groups -OCH3 is 2. The van der Waals surface area contributed by atoms with Gasteiger partial charge in [-0.25, -0.2) is 15.6 Å². The maximum atomic E-state index is 10.8. The number of anilines is 2. The van der Waals surface area contributed by atoms with Crippen LogP contribution in [0.1, 0.15) is 0 Å². The Bertz CT molecular complexity index is 676. The van der Waals surface area contributed by atoms with E-state index in [9.17, 15) is 4.79 Å². The number of hydrogen-bond donors (Lipinski definition) is 5. The molecule has 0 aliphatic heterocycles. The van der Waals surface area contributed by atoms with E-state index in [0.717, 1.165) is 0 Å². The van der Waals surface area contributed by atoms with Crippen molar-refractivity contribution in [1.29, 1.82) is 0 Å². The zero-order valence-corrected chi connectivity index (χ0v) is 11.4. The van der Waals surface area contributed by atoms with Crippen LogP contribution in [0, 0.1) is 0 Å². The van der Waals surface area contributed by atoms with Gasteiger partial charge in [0.2, 0.25) is 5.95 Å². The van der Waals surface area contributed by atoms with Gasteiger partial charge in [0.1, 0.15) is 0 Å². The number of aromatic nitrogens is 2. The first kappa shape index (κ1) is 14.4. The molecule has 0 spiro atoms. The summed E-state index contributed by atoms with van der Waals surface area (Å²) >= 11 is 0. The number of carbonyl (C=O) groups is 1. The van der Waals surface area contributed by atoms with E-state index in [-0.39, 0.29) is 5.95 Å². The second-order valence-electron chi connectivity index (χ2n) is 3.88. The molecule has 1 aromatic carbocycles. The third kappa shape index (κ3) is 2.95. The van der Waals surface area contributed by atoms with Crippen LogP contribution in [0.5, 0.6) is 11.5 Å². The van der Waals surface area contributed by atoms with E-state index in [1.165, 1.54) is 14.2 Å². The summed E-state index contributed by atoms with van der Waals surface area (Å²) in [6.45, 7) is 0. The molecule has 112 valence electrons. The molecular formula is C11H15N7O3. The summed E-state index contributed by atoms with van der Waals surface area (Å²) in [6, 6.07) is 2.57. The fraction of sp³-hybridized carbons (Fsp3) is 0.182. The normalized spacial score (nSPS) is 10.0. The molecule has 0 fully saturated rings. The molecule has 0 atom stereocenters. The Kier molecular flexibility index (Phi) is 4.09. The molecule has 0 saturated carbocycles. The third-order valence-corrected chi connectivity index (χ3v) is 2.63. The van der Waals surface area contributed by atoms with Crippen molar-refractivity contribution in [1.82, 2.24) is 15.4 Å². The van der Waals surface area contributed by atoms with Crippen molar-refractivity contribution in [2.75, 3.05) is 25.1 Å². The molecule has 0 bridgehead atoms. The van der Waals surface area contributed by atoms with Crippen LogP contribution in [0.3, 0.4) is 0 Å². The Labute approximate surface area is 119 Å². The fourth-order valence-corrected chi connectivity index (χ4v) is 1.74. The minimum Gasteiger partial charge on any atom is -0.493 e. The lowest BCUT2D eigenvalue weighted by molar-refractivity contribution is 0.250. The summed E-state index contributed by atoms with van der Waals surface area (Å²) in [4.78, 5) is 19.1. The zero-order chi connectivity index (χ0) is 15.4. The van der Waals surface area contributed by atoms with E-state index in [2.05, 4.69) is 26.2 Å². The number of nitrogens with zero attached hydrogens (tertiary/aromatic N) is 2. The summed E-state index contributed by atoms with van der Waals surface area (Å²) in [5.74, 6) is 6.77. The minimum atomic E-state index is -0.760. The number of rotatable bonds is 5. The second kappa shape index (κ2) is 5.96. The average molecular weight is 293 g/mol. The number of hydrogen-bond acceptors (Lipinski definition) is 8. The van der Waals surface area contributed by atoms with E-state index in [0.29, 0.717) is 28.2 Å². The number of nitrogens with two attached hydrogens (primary N) is 2. The van der Waals surface area contributed by atoms with Gasteiger partial charge in [-0.3, -0.25) is 16.3 Å². The first-order valence-electron chi connectivity index (χ1n) is 5.81. The summed E-state index contributed by atoms with van der Waals surface area (Å²) in [5, 5.41) is 0.584. The second-order valence-corrected chi connectivity index (χ2v) is 3.88. The number of hydrazine groups is 2. The largest absolute Gasteiger partial charge is 0.493 e. The van der Waals surface area contributed by atoms with Crippen molar-refractivity contribution >= 4 is 28.7 Å². The van der Waals surface area contributed by atoms with E-state index < -0.39 is 6.03 Å². The molecule has 7 N–H and O–H groups in total. The Morgan fingerprint density at radius 2 is 1.86 bits per heavy atom. The van der Waals surface area contributed by atoms with Gasteiger partial charge in [0.05, 0.1) is 19.7 Å². The van der Waals surface area contributed by atoms with Gasteiger partial charge in [-0.15, -0.1) is 0 Å². The number of primary amides is 1. The zero-order valence-electron chi connectivity index (χ0n) is 11.4. The van der Waals surface area contributed by atoms with Crippen LogP contribution in [0.2, 0.25) is 0 Å². The number of benzene rings is 1. The van der Waals surface area contributed by atoms with Crippen LogP contribution in [0.15, 0.2) is 12.1 Å². The number of amides is 2.